The average Bonchev–Trinajstić information content (AvgIpc) is 3.38. The van der Waals surface area contributed by atoms with Gasteiger partial charge in [0.1, 0.15) is 6.54 Å². The summed E-state index contributed by atoms with van der Waals surface area (Å²) in [5.74, 6) is 0.805. The summed E-state index contributed by atoms with van der Waals surface area (Å²) in [5, 5.41) is 12.3. The summed E-state index contributed by atoms with van der Waals surface area (Å²) < 4.78 is 3.88. The van der Waals surface area contributed by atoms with Gasteiger partial charge >= 0.3 is 0 Å². The first-order valence-corrected chi connectivity index (χ1v) is 13.0. The first-order chi connectivity index (χ1) is 16.9. The standard InChI is InChI=1S/C26H30N6O2S/c1-17-11-13-20(14-12-17)27-23(33)16-35-26-29-28-25-30(21-9-4-5-10-22(21)32(25)26)15-24(34)31-18(2)7-6-8-19(31)3/h4-5,9-14,18-19H,6-8,15-16H2,1-3H3,(H,27,33)/t18-,19-/m0/s1. The molecule has 3 heterocycles. The molecular formula is C26H30N6O2S. The zero-order valence-corrected chi connectivity index (χ0v) is 21.1. The van der Waals surface area contributed by atoms with Crippen LogP contribution in [-0.4, -0.2) is 53.7 Å². The van der Waals surface area contributed by atoms with Crippen molar-refractivity contribution in [2.45, 2.75) is 63.8 Å². The number of para-hydroxylation sites is 2. The lowest BCUT2D eigenvalue weighted by Crippen LogP contribution is -2.48. The molecule has 0 unspecified atom stereocenters. The molecule has 1 aliphatic rings. The Hall–Kier alpha value is -3.33. The minimum Gasteiger partial charge on any atom is -0.336 e. The maximum absolute atomic E-state index is 13.4. The van der Waals surface area contributed by atoms with Crippen molar-refractivity contribution in [3.63, 3.8) is 0 Å². The topological polar surface area (TPSA) is 84.5 Å². The lowest BCUT2D eigenvalue weighted by molar-refractivity contribution is -0.137. The number of likely N-dealkylation sites (tertiary alicyclic amines) is 1. The monoisotopic (exact) mass is 490 g/mol. The van der Waals surface area contributed by atoms with E-state index in [4.69, 9.17) is 0 Å². The van der Waals surface area contributed by atoms with E-state index in [9.17, 15) is 9.59 Å². The number of fused-ring (bicyclic) bond motifs is 3. The molecule has 35 heavy (non-hydrogen) atoms. The van der Waals surface area contributed by atoms with E-state index in [0.29, 0.717) is 10.9 Å². The number of thioether (sulfide) groups is 1. The molecule has 1 saturated heterocycles. The van der Waals surface area contributed by atoms with Crippen molar-refractivity contribution in [2.75, 3.05) is 11.1 Å². The molecule has 0 saturated carbocycles. The molecule has 8 nitrogen and oxygen atoms in total. The summed E-state index contributed by atoms with van der Waals surface area (Å²) in [6.07, 6.45) is 3.23. The van der Waals surface area contributed by atoms with E-state index >= 15 is 0 Å². The predicted octanol–water partition coefficient (Wildman–Crippen LogP) is 4.51. The Morgan fingerprint density at radius 3 is 2.40 bits per heavy atom. The second-order valence-corrected chi connectivity index (χ2v) is 10.3. The van der Waals surface area contributed by atoms with Gasteiger partial charge in [0, 0.05) is 17.8 Å². The second kappa shape index (κ2) is 9.73. The van der Waals surface area contributed by atoms with Crippen LogP contribution in [0.5, 0.6) is 0 Å². The van der Waals surface area contributed by atoms with Crippen molar-refractivity contribution in [3.8, 4) is 0 Å². The highest BCUT2D eigenvalue weighted by Gasteiger charge is 2.30. The lowest BCUT2D eigenvalue weighted by atomic mass is 9.97. The van der Waals surface area contributed by atoms with Crippen molar-refractivity contribution >= 4 is 46.1 Å². The molecule has 2 aromatic carbocycles. The normalized spacial score (nSPS) is 18.3. The first-order valence-electron chi connectivity index (χ1n) is 12.0. The molecule has 2 atom stereocenters. The van der Waals surface area contributed by atoms with E-state index in [0.717, 1.165) is 41.5 Å². The van der Waals surface area contributed by atoms with Crippen molar-refractivity contribution in [1.29, 1.82) is 0 Å². The first kappa shape index (κ1) is 23.4. The number of nitrogens with one attached hydrogen (secondary N) is 1. The van der Waals surface area contributed by atoms with Gasteiger partial charge in [-0.2, -0.15) is 0 Å². The maximum Gasteiger partial charge on any atom is 0.243 e. The van der Waals surface area contributed by atoms with E-state index in [2.05, 4.69) is 29.4 Å². The van der Waals surface area contributed by atoms with Crippen molar-refractivity contribution < 1.29 is 9.59 Å². The van der Waals surface area contributed by atoms with Crippen molar-refractivity contribution in [1.82, 2.24) is 24.1 Å². The highest BCUT2D eigenvalue weighted by Crippen LogP contribution is 2.28. The molecule has 4 aromatic rings. The third-order valence-electron chi connectivity index (χ3n) is 6.71. The highest BCUT2D eigenvalue weighted by atomic mass is 32.2. The zero-order valence-electron chi connectivity index (χ0n) is 20.3. The number of carbonyl (C=O) groups is 2. The number of anilines is 1. The fourth-order valence-electron chi connectivity index (χ4n) is 4.98. The predicted molar refractivity (Wildman–Crippen MR) is 139 cm³/mol. The molecule has 2 amide bonds. The molecule has 0 spiro atoms. The number of nitrogens with zero attached hydrogens (tertiary/aromatic N) is 5. The van der Waals surface area contributed by atoms with E-state index < -0.39 is 0 Å². The largest absolute Gasteiger partial charge is 0.336 e. The number of aromatic nitrogens is 4. The molecule has 182 valence electrons. The van der Waals surface area contributed by atoms with Gasteiger partial charge < -0.3 is 10.2 Å². The van der Waals surface area contributed by atoms with Crippen molar-refractivity contribution in [2.24, 2.45) is 0 Å². The Balaban J connectivity index is 1.39. The summed E-state index contributed by atoms with van der Waals surface area (Å²) in [6.45, 7) is 6.48. The molecule has 1 aliphatic heterocycles. The molecule has 5 rings (SSSR count). The minimum absolute atomic E-state index is 0.0997. The van der Waals surface area contributed by atoms with Crippen LogP contribution in [0.25, 0.3) is 16.8 Å². The van der Waals surface area contributed by atoms with Crippen LogP contribution in [0.4, 0.5) is 5.69 Å². The van der Waals surface area contributed by atoms with Gasteiger partial charge in [-0.25, -0.2) is 0 Å². The van der Waals surface area contributed by atoms with Crippen molar-refractivity contribution in [3.05, 3.63) is 54.1 Å². The van der Waals surface area contributed by atoms with E-state index in [-0.39, 0.29) is 36.2 Å². The number of hydrogen-bond acceptors (Lipinski definition) is 5. The lowest BCUT2D eigenvalue weighted by Gasteiger charge is -2.39. The fraction of sp³-hybridized carbons (Fsp3) is 0.385. The summed E-state index contributed by atoms with van der Waals surface area (Å²) in [6, 6.07) is 16.1. The summed E-state index contributed by atoms with van der Waals surface area (Å²) in [7, 11) is 0. The third-order valence-corrected chi connectivity index (χ3v) is 7.64. The number of rotatable bonds is 6. The van der Waals surface area contributed by atoms with Crippen LogP contribution in [0, 0.1) is 6.92 Å². The third kappa shape index (κ3) is 4.65. The van der Waals surface area contributed by atoms with E-state index in [1.165, 1.54) is 11.8 Å². The molecule has 0 bridgehead atoms. The molecule has 0 radical (unpaired) electrons. The van der Waals surface area contributed by atoms with Gasteiger partial charge in [-0.1, -0.05) is 41.6 Å². The van der Waals surface area contributed by atoms with Gasteiger partial charge in [-0.15, -0.1) is 10.2 Å². The Bertz CT molecular complexity index is 1370. The molecule has 2 aromatic heterocycles. The number of imidazole rings is 1. The maximum atomic E-state index is 13.4. The number of piperidine rings is 1. The van der Waals surface area contributed by atoms with Crippen LogP contribution in [0.15, 0.2) is 53.7 Å². The quantitative estimate of drug-likeness (QED) is 0.402. The van der Waals surface area contributed by atoms with Crippen LogP contribution < -0.4 is 5.32 Å². The number of carbonyl (C=O) groups excluding carboxylic acids is 2. The zero-order chi connectivity index (χ0) is 24.5. The Morgan fingerprint density at radius 1 is 1.00 bits per heavy atom. The molecular weight excluding hydrogens is 460 g/mol. The van der Waals surface area contributed by atoms with Gasteiger partial charge in [-0.05, 0) is 64.3 Å². The van der Waals surface area contributed by atoms with E-state index in [1.54, 1.807) is 0 Å². The number of aryl methyl sites for hydroxylation is 1. The number of amides is 2. The average molecular weight is 491 g/mol. The molecule has 1 fully saturated rings. The van der Waals surface area contributed by atoms with Crippen LogP contribution in [-0.2, 0) is 16.1 Å². The molecule has 0 aliphatic carbocycles. The molecule has 9 heteroatoms. The van der Waals surface area contributed by atoms with Gasteiger partial charge in [0.2, 0.25) is 17.6 Å². The summed E-state index contributed by atoms with van der Waals surface area (Å²) in [4.78, 5) is 27.9. The smallest absolute Gasteiger partial charge is 0.243 e. The van der Waals surface area contributed by atoms with Crippen LogP contribution in [0.2, 0.25) is 0 Å². The van der Waals surface area contributed by atoms with Crippen LogP contribution >= 0.6 is 11.8 Å². The fourth-order valence-corrected chi connectivity index (χ4v) is 5.72. The Kier molecular flexibility index (Phi) is 6.51. The molecule has 1 N–H and O–H groups in total. The van der Waals surface area contributed by atoms with Gasteiger partial charge in [0.05, 0.1) is 16.8 Å². The van der Waals surface area contributed by atoms with E-state index in [1.807, 2.05) is 69.3 Å². The van der Waals surface area contributed by atoms with Crippen LogP contribution in [0.1, 0.15) is 38.7 Å². The van der Waals surface area contributed by atoms with Gasteiger partial charge in [0.25, 0.3) is 0 Å². The minimum atomic E-state index is -0.109. The van der Waals surface area contributed by atoms with Gasteiger partial charge in [-0.3, -0.25) is 18.6 Å². The SMILES string of the molecule is Cc1ccc(NC(=O)CSc2nnc3n(CC(=O)N4[C@@H](C)CCC[C@@H]4C)c4ccccc4n23)cc1. The number of hydrogen-bond donors (Lipinski definition) is 1. The highest BCUT2D eigenvalue weighted by molar-refractivity contribution is 7.99. The van der Waals surface area contributed by atoms with Crippen LogP contribution in [0.3, 0.4) is 0 Å². The Labute approximate surface area is 208 Å². The second-order valence-electron chi connectivity index (χ2n) is 9.33. The van der Waals surface area contributed by atoms with Gasteiger partial charge in [0.15, 0.2) is 5.16 Å². The number of benzene rings is 2. The summed E-state index contributed by atoms with van der Waals surface area (Å²) in [5.41, 5.74) is 3.75. The Morgan fingerprint density at radius 2 is 1.69 bits per heavy atom. The summed E-state index contributed by atoms with van der Waals surface area (Å²) >= 11 is 1.33.